The fourth-order valence-corrected chi connectivity index (χ4v) is 3.91. The average molecular weight is 473 g/mol. The molecule has 0 saturated heterocycles. The number of aromatic nitrogens is 1. The van der Waals surface area contributed by atoms with Gasteiger partial charge in [0.1, 0.15) is 5.76 Å². The van der Waals surface area contributed by atoms with Gasteiger partial charge >= 0.3 is 6.18 Å². The summed E-state index contributed by atoms with van der Waals surface area (Å²) in [4.78, 5) is 28.0. The van der Waals surface area contributed by atoms with Crippen LogP contribution >= 0.6 is 11.3 Å². The summed E-state index contributed by atoms with van der Waals surface area (Å²) in [5.74, 6) is -0.465. The van der Waals surface area contributed by atoms with Gasteiger partial charge in [0.15, 0.2) is 10.9 Å². The zero-order valence-electron chi connectivity index (χ0n) is 16.6. The van der Waals surface area contributed by atoms with Crippen molar-refractivity contribution in [2.75, 3.05) is 5.32 Å². The largest absolute Gasteiger partial charge is 0.451 e. The Hall–Kier alpha value is -3.99. The molecule has 1 amide bonds. The van der Waals surface area contributed by atoms with Gasteiger partial charge in [-0.25, -0.2) is 4.98 Å². The highest BCUT2D eigenvalue weighted by atomic mass is 32.1. The van der Waals surface area contributed by atoms with Gasteiger partial charge in [-0.05, 0) is 35.9 Å². The normalized spacial score (nSPS) is 11.4. The van der Waals surface area contributed by atoms with E-state index in [4.69, 9.17) is 4.42 Å². The Labute approximate surface area is 188 Å². The van der Waals surface area contributed by atoms with Crippen molar-refractivity contribution in [2.24, 2.45) is 0 Å². The number of benzene rings is 2. The van der Waals surface area contributed by atoms with Crippen LogP contribution in [0.1, 0.15) is 26.6 Å². The predicted molar refractivity (Wildman–Crippen MR) is 115 cm³/mol. The van der Waals surface area contributed by atoms with E-state index in [1.165, 1.54) is 60.0 Å². The van der Waals surface area contributed by atoms with Crippen LogP contribution in [0.2, 0.25) is 0 Å². The molecule has 0 atom stereocenters. The third kappa shape index (κ3) is 5.09. The quantitative estimate of drug-likeness (QED) is 0.267. The van der Waals surface area contributed by atoms with Gasteiger partial charge in [-0.3, -0.25) is 20.2 Å². The number of amides is 1. The first kappa shape index (κ1) is 22.2. The average Bonchev–Trinajstić information content (AvgIpc) is 3.43. The summed E-state index contributed by atoms with van der Waals surface area (Å²) < 4.78 is 43.5. The smallest absolute Gasteiger partial charge is 0.416 e. The number of alkyl halides is 3. The van der Waals surface area contributed by atoms with Crippen LogP contribution in [0.3, 0.4) is 0 Å². The molecule has 0 aliphatic carbocycles. The Kier molecular flexibility index (Phi) is 5.97. The number of hydrogen-bond donors (Lipinski definition) is 1. The van der Waals surface area contributed by atoms with Gasteiger partial charge < -0.3 is 4.42 Å². The molecule has 0 saturated carbocycles. The SMILES string of the molecule is O=C(Nc1ncc(Cc2ccc(C(F)(F)F)cc2)s1)c1ccc(-c2ccccc2[N+](=O)[O-])o1. The van der Waals surface area contributed by atoms with E-state index in [9.17, 15) is 28.1 Å². The lowest BCUT2D eigenvalue weighted by molar-refractivity contribution is -0.384. The molecule has 0 fully saturated rings. The maximum atomic E-state index is 12.7. The van der Waals surface area contributed by atoms with E-state index < -0.39 is 22.6 Å². The number of rotatable bonds is 6. The Morgan fingerprint density at radius 1 is 1.09 bits per heavy atom. The van der Waals surface area contributed by atoms with Crippen molar-refractivity contribution in [3.05, 3.63) is 98.7 Å². The highest BCUT2D eigenvalue weighted by molar-refractivity contribution is 7.15. The molecular weight excluding hydrogens is 459 g/mol. The molecule has 0 unspecified atom stereocenters. The number of para-hydroxylation sites is 1. The number of carbonyl (C=O) groups is 1. The number of furan rings is 1. The molecule has 1 N–H and O–H groups in total. The number of nitro benzene ring substituents is 1. The van der Waals surface area contributed by atoms with Crippen molar-refractivity contribution in [3.63, 3.8) is 0 Å². The van der Waals surface area contributed by atoms with Crippen molar-refractivity contribution < 1.29 is 27.3 Å². The first-order valence-corrected chi connectivity index (χ1v) is 10.3. The second kappa shape index (κ2) is 8.87. The molecule has 33 heavy (non-hydrogen) atoms. The number of halogens is 3. The van der Waals surface area contributed by atoms with Crippen molar-refractivity contribution in [1.29, 1.82) is 0 Å². The number of carbonyl (C=O) groups excluding carboxylic acids is 1. The van der Waals surface area contributed by atoms with Gasteiger partial charge in [0.05, 0.1) is 16.1 Å². The van der Waals surface area contributed by atoms with Crippen LogP contribution in [0.25, 0.3) is 11.3 Å². The van der Waals surface area contributed by atoms with Gasteiger partial charge in [-0.15, -0.1) is 11.3 Å². The molecule has 0 radical (unpaired) electrons. The molecule has 2 aromatic carbocycles. The Balaban J connectivity index is 1.43. The molecule has 2 heterocycles. The molecule has 2 aromatic heterocycles. The molecule has 0 aliphatic rings. The summed E-state index contributed by atoms with van der Waals surface area (Å²) in [6, 6.07) is 13.7. The molecule has 7 nitrogen and oxygen atoms in total. The lowest BCUT2D eigenvalue weighted by atomic mass is 10.1. The van der Waals surface area contributed by atoms with E-state index in [0.29, 0.717) is 12.0 Å². The number of thiazole rings is 1. The number of anilines is 1. The summed E-state index contributed by atoms with van der Waals surface area (Å²) in [5, 5.41) is 14.1. The maximum absolute atomic E-state index is 12.7. The van der Waals surface area contributed by atoms with Crippen molar-refractivity contribution in [2.45, 2.75) is 12.6 Å². The van der Waals surface area contributed by atoms with Crippen LogP contribution in [-0.4, -0.2) is 15.8 Å². The zero-order valence-corrected chi connectivity index (χ0v) is 17.4. The standard InChI is InChI=1S/C22H14F3N3O4S/c23-22(24,25)14-7-5-13(6-8-14)11-15-12-26-21(33-15)27-20(29)19-10-9-18(32-19)16-3-1-2-4-17(16)28(30)31/h1-10,12H,11H2,(H,26,27,29). The summed E-state index contributed by atoms with van der Waals surface area (Å²) in [6.07, 6.45) is -2.51. The highest BCUT2D eigenvalue weighted by Crippen LogP contribution is 2.32. The Bertz CT molecular complexity index is 1310. The molecule has 0 aliphatic heterocycles. The van der Waals surface area contributed by atoms with Gasteiger partial charge in [0.25, 0.3) is 11.6 Å². The second-order valence-corrected chi connectivity index (χ2v) is 8.01. The van der Waals surface area contributed by atoms with Crippen LogP contribution < -0.4 is 5.32 Å². The topological polar surface area (TPSA) is 98.3 Å². The summed E-state index contributed by atoms with van der Waals surface area (Å²) in [6.45, 7) is 0. The first-order chi connectivity index (χ1) is 15.7. The molecule has 0 spiro atoms. The molecule has 4 aromatic rings. The second-order valence-electron chi connectivity index (χ2n) is 6.90. The summed E-state index contributed by atoms with van der Waals surface area (Å²) >= 11 is 1.17. The fraction of sp³-hybridized carbons (Fsp3) is 0.0909. The third-order valence-electron chi connectivity index (χ3n) is 4.63. The lowest BCUT2D eigenvalue weighted by Crippen LogP contribution is -2.10. The van der Waals surface area contributed by atoms with Crippen molar-refractivity contribution in [1.82, 2.24) is 4.98 Å². The van der Waals surface area contributed by atoms with Gasteiger partial charge in [0, 0.05) is 23.6 Å². The number of nitrogens with one attached hydrogen (secondary N) is 1. The van der Waals surface area contributed by atoms with E-state index in [-0.39, 0.29) is 27.9 Å². The van der Waals surface area contributed by atoms with Crippen molar-refractivity contribution in [3.8, 4) is 11.3 Å². The molecular formula is C22H14F3N3O4S. The summed E-state index contributed by atoms with van der Waals surface area (Å²) in [7, 11) is 0. The maximum Gasteiger partial charge on any atom is 0.416 e. The van der Waals surface area contributed by atoms with Crippen LogP contribution in [-0.2, 0) is 12.6 Å². The van der Waals surface area contributed by atoms with Gasteiger partial charge in [0.2, 0.25) is 0 Å². The highest BCUT2D eigenvalue weighted by Gasteiger charge is 2.30. The van der Waals surface area contributed by atoms with E-state index in [0.717, 1.165) is 17.0 Å². The molecule has 0 bridgehead atoms. The van der Waals surface area contributed by atoms with E-state index in [1.807, 2.05) is 0 Å². The predicted octanol–water partition coefficient (Wildman–Crippen LogP) is 6.17. The molecule has 4 rings (SSSR count). The minimum atomic E-state index is -4.39. The Morgan fingerprint density at radius 3 is 2.52 bits per heavy atom. The lowest BCUT2D eigenvalue weighted by Gasteiger charge is -2.06. The van der Waals surface area contributed by atoms with Gasteiger partial charge in [-0.2, -0.15) is 13.2 Å². The third-order valence-corrected chi connectivity index (χ3v) is 5.54. The number of nitrogens with zero attached hydrogens (tertiary/aromatic N) is 2. The van der Waals surface area contributed by atoms with Crippen molar-refractivity contribution >= 4 is 28.1 Å². The fourth-order valence-electron chi connectivity index (χ4n) is 3.06. The number of hydrogen-bond acceptors (Lipinski definition) is 6. The van der Waals surface area contributed by atoms with Crippen LogP contribution in [0.4, 0.5) is 24.0 Å². The van der Waals surface area contributed by atoms with E-state index >= 15 is 0 Å². The van der Waals surface area contributed by atoms with E-state index in [1.54, 1.807) is 6.07 Å². The minimum Gasteiger partial charge on any atom is -0.451 e. The van der Waals surface area contributed by atoms with E-state index in [2.05, 4.69) is 10.3 Å². The zero-order chi connectivity index (χ0) is 23.6. The molecule has 11 heteroatoms. The number of nitro groups is 1. The minimum absolute atomic E-state index is 0.0531. The van der Waals surface area contributed by atoms with Crippen LogP contribution in [0.5, 0.6) is 0 Å². The van der Waals surface area contributed by atoms with Gasteiger partial charge in [-0.1, -0.05) is 24.3 Å². The Morgan fingerprint density at radius 2 is 1.82 bits per heavy atom. The van der Waals surface area contributed by atoms with Crippen LogP contribution in [0.15, 0.2) is 71.3 Å². The summed E-state index contributed by atoms with van der Waals surface area (Å²) in [5.41, 5.74) is 0.0492. The monoisotopic (exact) mass is 473 g/mol. The first-order valence-electron chi connectivity index (χ1n) is 9.46. The molecule has 168 valence electrons. The van der Waals surface area contributed by atoms with Crippen LogP contribution in [0, 0.1) is 10.1 Å².